The zero-order chi connectivity index (χ0) is 29.5. The first-order valence-corrected chi connectivity index (χ1v) is 13.9. The number of fused-ring (bicyclic) bond motifs is 2. The first-order chi connectivity index (χ1) is 19.7. The number of nitrogens with zero attached hydrogens (tertiary/aromatic N) is 6. The van der Waals surface area contributed by atoms with Crippen molar-refractivity contribution >= 4 is 16.8 Å². The Bertz CT molecular complexity index is 1660. The van der Waals surface area contributed by atoms with Crippen LogP contribution >= 0.6 is 0 Å². The standard InChI is InChI=1S/C12H16N4O3.C12H14N4O3.Mn.2O/c2*1-7(17)10-14-12(18)9-6-13-11(16(9)15-10)8-2-4-19-5-3-8;;;/h6-8,17H,2-5H2,1H3,(H,14,15,18);6,8H,2-5H2,1H3,(H,14,15,18);;;. The van der Waals surface area contributed by atoms with Crippen LogP contribution in [-0.2, 0) is 32.0 Å². The van der Waals surface area contributed by atoms with Crippen molar-refractivity contribution in [2.75, 3.05) is 26.4 Å². The van der Waals surface area contributed by atoms with Gasteiger partial charge in [0.2, 0.25) is 0 Å². The molecule has 2 fully saturated rings. The fourth-order valence-corrected chi connectivity index (χ4v) is 4.66. The second-order valence-corrected chi connectivity index (χ2v) is 9.73. The summed E-state index contributed by atoms with van der Waals surface area (Å²) in [5, 5.41) is 18.0. The molecule has 0 spiro atoms. The van der Waals surface area contributed by atoms with Crippen LogP contribution in [0.4, 0.5) is 0 Å². The molecule has 1 atom stereocenters. The number of hydrogen-bond acceptors (Lipinski definition) is 12. The third kappa shape index (κ3) is 7.00. The molecule has 2 aliphatic rings. The van der Waals surface area contributed by atoms with Crippen molar-refractivity contribution in [1.29, 1.82) is 0 Å². The monoisotopic (exact) mass is 613 g/mol. The van der Waals surface area contributed by atoms with E-state index in [4.69, 9.17) is 17.1 Å². The van der Waals surface area contributed by atoms with Crippen LogP contribution in [0.2, 0.25) is 0 Å². The number of carbonyl (C=O) groups is 1. The number of H-pyrrole nitrogens is 2. The number of ether oxygens (including phenoxy) is 2. The summed E-state index contributed by atoms with van der Waals surface area (Å²) in [5.41, 5.74) is 0.153. The number of aromatic amines is 2. The molecule has 221 valence electrons. The van der Waals surface area contributed by atoms with Gasteiger partial charge in [0.15, 0.2) is 28.5 Å². The summed E-state index contributed by atoms with van der Waals surface area (Å²) in [6.07, 6.45) is 5.66. The summed E-state index contributed by atoms with van der Waals surface area (Å²) in [5.74, 6) is 1.99. The van der Waals surface area contributed by atoms with E-state index in [0.29, 0.717) is 37.5 Å². The number of Topliss-reactive ketones (excluding diaryl/α,β-unsaturated/α-hetero) is 1. The Kier molecular flexibility index (Phi) is 10.2. The van der Waals surface area contributed by atoms with Gasteiger partial charge in [0.25, 0.3) is 11.1 Å². The first-order valence-electron chi connectivity index (χ1n) is 12.9. The molecule has 3 N–H and O–H groups in total. The van der Waals surface area contributed by atoms with Crippen molar-refractivity contribution in [2.45, 2.75) is 57.5 Å². The molecule has 0 aromatic carbocycles. The Morgan fingerprint density at radius 2 is 1.34 bits per heavy atom. The molecule has 16 nitrogen and oxygen atoms in total. The molecular formula is C24H30MnN8O8. The van der Waals surface area contributed by atoms with Crippen molar-refractivity contribution in [2.24, 2.45) is 0 Å². The van der Waals surface area contributed by atoms with Crippen LogP contribution in [-0.4, -0.2) is 76.5 Å². The molecule has 1 unspecified atom stereocenters. The second kappa shape index (κ2) is 13.8. The number of rotatable bonds is 4. The number of imidazole rings is 2. The summed E-state index contributed by atoms with van der Waals surface area (Å²) < 4.78 is 30.5. The Labute approximate surface area is 238 Å². The molecule has 17 heteroatoms. The molecular weight excluding hydrogens is 583 g/mol. The molecule has 4 aromatic heterocycles. The van der Waals surface area contributed by atoms with Crippen molar-refractivity contribution in [3.63, 3.8) is 0 Å². The average molecular weight is 613 g/mol. The van der Waals surface area contributed by atoms with Gasteiger partial charge in [-0.2, -0.15) is 0 Å². The van der Waals surface area contributed by atoms with Gasteiger partial charge >= 0.3 is 22.5 Å². The van der Waals surface area contributed by atoms with E-state index in [1.54, 1.807) is 11.4 Å². The Morgan fingerprint density at radius 3 is 1.78 bits per heavy atom. The predicted octanol–water partition coefficient (Wildman–Crippen LogP) is 0.639. The van der Waals surface area contributed by atoms with Crippen LogP contribution in [0.1, 0.15) is 85.6 Å². The van der Waals surface area contributed by atoms with E-state index in [2.05, 4.69) is 30.1 Å². The van der Waals surface area contributed by atoms with E-state index in [0.717, 1.165) is 37.3 Å². The maximum atomic E-state index is 11.9. The van der Waals surface area contributed by atoms with Gasteiger partial charge in [0.05, 0.1) is 12.4 Å². The number of aromatic nitrogens is 8. The second-order valence-electron chi connectivity index (χ2n) is 9.54. The summed E-state index contributed by atoms with van der Waals surface area (Å²) in [6.45, 7) is 5.70. The van der Waals surface area contributed by atoms with Crippen LogP contribution < -0.4 is 11.1 Å². The van der Waals surface area contributed by atoms with E-state index < -0.39 is 20.9 Å². The minimum absolute atomic E-state index is 0.0591. The molecule has 0 aliphatic carbocycles. The van der Waals surface area contributed by atoms with Crippen LogP contribution in [0.15, 0.2) is 22.0 Å². The van der Waals surface area contributed by atoms with Crippen molar-refractivity contribution in [3.05, 3.63) is 56.4 Å². The van der Waals surface area contributed by atoms with Gasteiger partial charge in [-0.05, 0) is 32.6 Å². The number of carbonyl (C=O) groups excluding carboxylic acids is 1. The van der Waals surface area contributed by atoms with E-state index in [-0.39, 0.29) is 40.4 Å². The van der Waals surface area contributed by atoms with Crippen molar-refractivity contribution < 1.29 is 41.9 Å². The fraction of sp³-hybridized carbons (Fsp3) is 0.542. The van der Waals surface area contributed by atoms with Gasteiger partial charge in [-0.15, -0.1) is 10.2 Å². The maximum absolute atomic E-state index is 11.9. The molecule has 2 aliphatic heterocycles. The normalized spacial score (nSPS) is 16.9. The minimum atomic E-state index is -1.44. The van der Waals surface area contributed by atoms with Crippen LogP contribution in [0.25, 0.3) is 11.0 Å². The molecule has 0 bridgehead atoms. The van der Waals surface area contributed by atoms with Gasteiger partial charge < -0.3 is 24.5 Å². The van der Waals surface area contributed by atoms with Crippen LogP contribution in [0, 0.1) is 0 Å². The number of nitrogens with one attached hydrogen (secondary N) is 2. The number of aliphatic hydroxyl groups excluding tert-OH is 1. The molecule has 0 radical (unpaired) electrons. The van der Waals surface area contributed by atoms with Gasteiger partial charge in [-0.3, -0.25) is 14.4 Å². The van der Waals surface area contributed by atoms with E-state index in [1.807, 2.05) is 0 Å². The molecule has 6 heterocycles. The van der Waals surface area contributed by atoms with Gasteiger partial charge in [0.1, 0.15) is 17.8 Å². The Balaban J connectivity index is 0.000000173. The van der Waals surface area contributed by atoms with E-state index in [1.165, 1.54) is 23.8 Å². The number of hydrogen-bond donors (Lipinski definition) is 3. The molecule has 2 saturated heterocycles. The third-order valence-corrected chi connectivity index (χ3v) is 6.78. The van der Waals surface area contributed by atoms with Gasteiger partial charge in [-0.1, -0.05) is 0 Å². The predicted molar refractivity (Wildman–Crippen MR) is 135 cm³/mol. The van der Waals surface area contributed by atoms with E-state index in [9.17, 15) is 19.5 Å². The molecule has 0 saturated carbocycles. The molecule has 4 aromatic rings. The van der Waals surface area contributed by atoms with Crippen molar-refractivity contribution in [1.82, 2.24) is 39.2 Å². The molecule has 41 heavy (non-hydrogen) atoms. The first kappa shape index (κ1) is 30.3. The third-order valence-electron chi connectivity index (χ3n) is 6.78. The summed E-state index contributed by atoms with van der Waals surface area (Å²) in [4.78, 5) is 48.8. The summed E-state index contributed by atoms with van der Waals surface area (Å²) in [6, 6.07) is 0. The number of aliphatic hydroxyl groups is 1. The zero-order valence-electron chi connectivity index (χ0n) is 22.4. The molecule has 6 rings (SSSR count). The van der Waals surface area contributed by atoms with Gasteiger partial charge in [0, 0.05) is 45.2 Å². The quantitative estimate of drug-likeness (QED) is 0.213. The SMILES string of the molecule is CC(=O)c1nn2c(C3CCOCC3)ncc2c(=O)[nH]1.CC(O)c1nn2c(C3CCOCC3)ncc2c(=O)[nH]1.[O]=[Mn]=[O]. The average Bonchev–Trinajstić information content (AvgIpc) is 3.60. The summed E-state index contributed by atoms with van der Waals surface area (Å²) >= 11 is -1.44. The van der Waals surface area contributed by atoms with Crippen LogP contribution in [0.5, 0.6) is 0 Å². The Morgan fingerprint density at radius 1 is 0.902 bits per heavy atom. The van der Waals surface area contributed by atoms with Crippen LogP contribution in [0.3, 0.4) is 0 Å². The Hall–Kier alpha value is -3.63. The fourth-order valence-electron chi connectivity index (χ4n) is 4.66. The van der Waals surface area contributed by atoms with E-state index >= 15 is 0 Å². The topological polar surface area (TPSA) is 216 Å². The number of ketones is 1. The van der Waals surface area contributed by atoms with Crippen molar-refractivity contribution in [3.8, 4) is 0 Å². The zero-order valence-corrected chi connectivity index (χ0v) is 23.6. The molecule has 0 amide bonds. The summed E-state index contributed by atoms with van der Waals surface area (Å²) in [7, 11) is 0. The van der Waals surface area contributed by atoms with Gasteiger partial charge in [-0.25, -0.2) is 19.0 Å².